The maximum Gasteiger partial charge on any atom is 0.274 e. The van der Waals surface area contributed by atoms with E-state index in [0.717, 1.165) is 13.1 Å². The highest BCUT2D eigenvalue weighted by Crippen LogP contribution is 2.08. The SMILES string of the molecule is CCNc1ccc(C(=O)N(CC)C(C)CN(C)C)nn1. The Kier molecular flexibility index (Phi) is 6.38. The second-order valence-electron chi connectivity index (χ2n) is 5.04. The summed E-state index contributed by atoms with van der Waals surface area (Å²) < 4.78 is 0. The number of hydrogen-bond donors (Lipinski definition) is 1. The molecule has 1 rings (SSSR count). The van der Waals surface area contributed by atoms with Gasteiger partial charge >= 0.3 is 0 Å². The van der Waals surface area contributed by atoms with E-state index in [4.69, 9.17) is 0 Å². The molecular weight excluding hydrogens is 254 g/mol. The van der Waals surface area contributed by atoms with Gasteiger partial charge in [0.25, 0.3) is 5.91 Å². The summed E-state index contributed by atoms with van der Waals surface area (Å²) in [6.07, 6.45) is 0. The Hall–Kier alpha value is -1.69. The number of amides is 1. The van der Waals surface area contributed by atoms with Crippen molar-refractivity contribution in [3.05, 3.63) is 17.8 Å². The van der Waals surface area contributed by atoms with Gasteiger partial charge in [-0.3, -0.25) is 4.79 Å². The zero-order valence-corrected chi connectivity index (χ0v) is 13.1. The van der Waals surface area contributed by atoms with Gasteiger partial charge in [-0.05, 0) is 47.0 Å². The van der Waals surface area contributed by atoms with Gasteiger partial charge in [0.15, 0.2) is 5.69 Å². The number of rotatable bonds is 7. The molecule has 0 bridgehead atoms. The number of carbonyl (C=O) groups is 1. The second-order valence-corrected chi connectivity index (χ2v) is 5.04. The molecule has 1 N–H and O–H groups in total. The first-order chi connectivity index (χ1) is 9.49. The molecular formula is C14H25N5O. The molecule has 6 heteroatoms. The minimum Gasteiger partial charge on any atom is -0.369 e. The van der Waals surface area contributed by atoms with Crippen LogP contribution in [-0.4, -0.2) is 65.7 Å². The summed E-state index contributed by atoms with van der Waals surface area (Å²) in [6.45, 7) is 8.27. The molecule has 1 aromatic rings. The topological polar surface area (TPSA) is 61.4 Å². The molecule has 112 valence electrons. The molecule has 0 spiro atoms. The van der Waals surface area contributed by atoms with Gasteiger partial charge in [0.1, 0.15) is 5.82 Å². The van der Waals surface area contributed by atoms with Crippen LogP contribution in [0.5, 0.6) is 0 Å². The number of nitrogens with one attached hydrogen (secondary N) is 1. The zero-order chi connectivity index (χ0) is 15.1. The van der Waals surface area contributed by atoms with Gasteiger partial charge in [0.2, 0.25) is 0 Å². The minimum absolute atomic E-state index is 0.0719. The molecule has 1 aromatic heterocycles. The smallest absolute Gasteiger partial charge is 0.274 e. The number of carbonyl (C=O) groups excluding carboxylic acids is 1. The number of hydrogen-bond acceptors (Lipinski definition) is 5. The van der Waals surface area contributed by atoms with E-state index in [1.54, 1.807) is 12.1 Å². The fourth-order valence-electron chi connectivity index (χ4n) is 2.15. The van der Waals surface area contributed by atoms with Gasteiger partial charge in [0.05, 0.1) is 0 Å². The molecule has 1 unspecified atom stereocenters. The van der Waals surface area contributed by atoms with Crippen molar-refractivity contribution in [3.63, 3.8) is 0 Å². The molecule has 0 radical (unpaired) electrons. The molecule has 1 amide bonds. The molecule has 20 heavy (non-hydrogen) atoms. The molecule has 0 aliphatic rings. The van der Waals surface area contributed by atoms with Crippen molar-refractivity contribution in [2.45, 2.75) is 26.8 Å². The lowest BCUT2D eigenvalue weighted by atomic mass is 10.2. The summed E-state index contributed by atoms with van der Waals surface area (Å²) in [6, 6.07) is 3.64. The minimum atomic E-state index is -0.0719. The van der Waals surface area contributed by atoms with Crippen molar-refractivity contribution in [1.29, 1.82) is 0 Å². The van der Waals surface area contributed by atoms with Crippen LogP contribution < -0.4 is 5.32 Å². The van der Waals surface area contributed by atoms with E-state index in [1.807, 2.05) is 39.8 Å². The van der Waals surface area contributed by atoms with Crippen LogP contribution in [0.1, 0.15) is 31.3 Å². The fraction of sp³-hybridized carbons (Fsp3) is 0.643. The van der Waals surface area contributed by atoms with Crippen LogP contribution in [0.2, 0.25) is 0 Å². The van der Waals surface area contributed by atoms with Crippen molar-refractivity contribution in [2.24, 2.45) is 0 Å². The highest BCUT2D eigenvalue weighted by atomic mass is 16.2. The summed E-state index contributed by atoms with van der Waals surface area (Å²) in [4.78, 5) is 16.3. The van der Waals surface area contributed by atoms with Gasteiger partial charge in [0, 0.05) is 25.7 Å². The van der Waals surface area contributed by atoms with E-state index in [1.165, 1.54) is 0 Å². The van der Waals surface area contributed by atoms with Crippen LogP contribution >= 0.6 is 0 Å². The second kappa shape index (κ2) is 7.79. The lowest BCUT2D eigenvalue weighted by Gasteiger charge is -2.29. The van der Waals surface area contributed by atoms with Crippen LogP contribution in [0.3, 0.4) is 0 Å². The van der Waals surface area contributed by atoms with Crippen LogP contribution in [0, 0.1) is 0 Å². The van der Waals surface area contributed by atoms with E-state index in [2.05, 4.69) is 20.4 Å². The standard InChI is InChI=1S/C14H25N5O/c1-6-15-13-9-8-12(16-17-13)14(20)19(7-2)11(3)10-18(4)5/h8-9,11H,6-7,10H2,1-5H3,(H,15,17). The molecule has 0 saturated heterocycles. The Morgan fingerprint density at radius 1 is 1.30 bits per heavy atom. The summed E-state index contributed by atoms with van der Waals surface area (Å²) in [5, 5.41) is 11.1. The summed E-state index contributed by atoms with van der Waals surface area (Å²) >= 11 is 0. The van der Waals surface area contributed by atoms with Crippen molar-refractivity contribution in [2.75, 3.05) is 39.0 Å². The lowest BCUT2D eigenvalue weighted by Crippen LogP contribution is -2.44. The van der Waals surface area contributed by atoms with Crippen molar-refractivity contribution >= 4 is 11.7 Å². The molecule has 6 nitrogen and oxygen atoms in total. The Labute approximate surface area is 121 Å². The Morgan fingerprint density at radius 2 is 2.00 bits per heavy atom. The monoisotopic (exact) mass is 279 g/mol. The Bertz CT molecular complexity index is 418. The van der Waals surface area contributed by atoms with Gasteiger partial charge in [-0.2, -0.15) is 0 Å². The van der Waals surface area contributed by atoms with Gasteiger partial charge in [-0.1, -0.05) is 0 Å². The predicted octanol–water partition coefficient (Wildman–Crippen LogP) is 1.32. The Morgan fingerprint density at radius 3 is 2.45 bits per heavy atom. The highest BCUT2D eigenvalue weighted by Gasteiger charge is 2.21. The van der Waals surface area contributed by atoms with Gasteiger partial charge in [-0.15, -0.1) is 10.2 Å². The predicted molar refractivity (Wildman–Crippen MR) is 80.9 cm³/mol. The van der Waals surface area contributed by atoms with E-state index in [9.17, 15) is 4.79 Å². The normalized spacial score (nSPS) is 12.3. The zero-order valence-electron chi connectivity index (χ0n) is 13.1. The van der Waals surface area contributed by atoms with E-state index in [-0.39, 0.29) is 11.9 Å². The van der Waals surface area contributed by atoms with Crippen LogP contribution in [0.25, 0.3) is 0 Å². The average Bonchev–Trinajstić information content (AvgIpc) is 2.39. The van der Waals surface area contributed by atoms with E-state index in [0.29, 0.717) is 18.1 Å². The average molecular weight is 279 g/mol. The third-order valence-electron chi connectivity index (χ3n) is 3.00. The number of likely N-dealkylation sites (N-methyl/N-ethyl adjacent to an activating group) is 2. The number of anilines is 1. The molecule has 1 atom stereocenters. The quantitative estimate of drug-likeness (QED) is 0.815. The molecule has 0 fully saturated rings. The third-order valence-corrected chi connectivity index (χ3v) is 3.00. The number of nitrogens with zero attached hydrogens (tertiary/aromatic N) is 4. The number of aromatic nitrogens is 2. The molecule has 0 aliphatic carbocycles. The van der Waals surface area contributed by atoms with E-state index < -0.39 is 0 Å². The first-order valence-corrected chi connectivity index (χ1v) is 7.02. The van der Waals surface area contributed by atoms with Crippen LogP contribution in [0.4, 0.5) is 5.82 Å². The largest absolute Gasteiger partial charge is 0.369 e. The summed E-state index contributed by atoms with van der Waals surface area (Å²) in [7, 11) is 4.00. The van der Waals surface area contributed by atoms with Crippen molar-refractivity contribution in [3.8, 4) is 0 Å². The Balaban J connectivity index is 2.79. The van der Waals surface area contributed by atoms with Crippen molar-refractivity contribution < 1.29 is 4.79 Å². The van der Waals surface area contributed by atoms with E-state index >= 15 is 0 Å². The van der Waals surface area contributed by atoms with Crippen molar-refractivity contribution in [1.82, 2.24) is 20.0 Å². The molecule has 0 aliphatic heterocycles. The lowest BCUT2D eigenvalue weighted by molar-refractivity contribution is 0.0672. The molecule has 0 saturated carbocycles. The summed E-state index contributed by atoms with van der Waals surface area (Å²) in [5.41, 5.74) is 0.388. The highest BCUT2D eigenvalue weighted by molar-refractivity contribution is 5.92. The maximum atomic E-state index is 12.5. The molecule has 0 aromatic carbocycles. The third kappa shape index (κ3) is 4.45. The molecule has 1 heterocycles. The first-order valence-electron chi connectivity index (χ1n) is 7.02. The van der Waals surface area contributed by atoms with Gasteiger partial charge < -0.3 is 15.1 Å². The van der Waals surface area contributed by atoms with Crippen LogP contribution in [-0.2, 0) is 0 Å². The first kappa shape index (κ1) is 16.4. The fourth-order valence-corrected chi connectivity index (χ4v) is 2.15. The van der Waals surface area contributed by atoms with Crippen LogP contribution in [0.15, 0.2) is 12.1 Å². The van der Waals surface area contributed by atoms with Gasteiger partial charge in [-0.25, -0.2) is 0 Å². The maximum absolute atomic E-state index is 12.5. The summed E-state index contributed by atoms with van der Waals surface area (Å²) in [5.74, 6) is 0.617.